The van der Waals surface area contributed by atoms with Crippen LogP contribution in [0.3, 0.4) is 0 Å². The molecule has 0 unspecified atom stereocenters. The van der Waals surface area contributed by atoms with Gasteiger partial charge >= 0.3 is 0 Å². The fraction of sp³-hybridized carbons (Fsp3) is 0.143. The highest BCUT2D eigenvalue weighted by molar-refractivity contribution is 7.79. The van der Waals surface area contributed by atoms with E-state index in [2.05, 4.69) is 17.6 Å². The molecule has 5 heteroatoms. The van der Waals surface area contributed by atoms with Gasteiger partial charge in [0.1, 0.15) is 0 Å². The summed E-state index contributed by atoms with van der Waals surface area (Å²) in [5.74, 6) is 5.15. The van der Waals surface area contributed by atoms with E-state index in [9.17, 15) is 4.79 Å². The number of hydrazine groups is 1. The van der Waals surface area contributed by atoms with Crippen molar-refractivity contribution in [2.75, 3.05) is 0 Å². The summed E-state index contributed by atoms with van der Waals surface area (Å²) in [4.78, 5) is 14.9. The Morgan fingerprint density at radius 2 is 2.42 bits per heavy atom. The number of nitrogens with one attached hydrogen (secondary N) is 1. The standard InChI is InChI=1S/C7H9N3OS/c8-10-7(11)5-1-2-6(4-12)9-3-5/h1-3,12H,4,8H2,(H,10,11). The minimum atomic E-state index is -0.340. The average Bonchev–Trinajstić information content (AvgIpc) is 2.17. The molecule has 1 amide bonds. The third-order valence-corrected chi connectivity index (χ3v) is 1.70. The fourth-order valence-electron chi connectivity index (χ4n) is 0.736. The molecule has 4 nitrogen and oxygen atoms in total. The zero-order valence-electron chi connectivity index (χ0n) is 6.32. The van der Waals surface area contributed by atoms with Crippen molar-refractivity contribution in [3.05, 3.63) is 29.6 Å². The third-order valence-electron chi connectivity index (χ3n) is 1.38. The van der Waals surface area contributed by atoms with Crippen molar-refractivity contribution in [1.29, 1.82) is 0 Å². The predicted octanol–water partition coefficient (Wildman–Crippen LogP) is 0.115. The summed E-state index contributed by atoms with van der Waals surface area (Å²) in [7, 11) is 0. The van der Waals surface area contributed by atoms with E-state index in [1.165, 1.54) is 6.20 Å². The molecule has 1 aromatic heterocycles. The van der Waals surface area contributed by atoms with E-state index in [0.29, 0.717) is 11.3 Å². The topological polar surface area (TPSA) is 68.0 Å². The predicted molar refractivity (Wildman–Crippen MR) is 48.6 cm³/mol. The van der Waals surface area contributed by atoms with Crippen LogP contribution in [0.1, 0.15) is 16.1 Å². The number of hydrogen-bond donors (Lipinski definition) is 3. The number of carbonyl (C=O) groups excluding carboxylic acids is 1. The van der Waals surface area contributed by atoms with Gasteiger partial charge in [0.05, 0.1) is 11.3 Å². The van der Waals surface area contributed by atoms with Gasteiger partial charge in [-0.25, -0.2) is 5.84 Å². The first-order valence-electron chi connectivity index (χ1n) is 3.34. The quantitative estimate of drug-likeness (QED) is 0.264. The maximum atomic E-state index is 10.9. The Morgan fingerprint density at radius 1 is 1.67 bits per heavy atom. The van der Waals surface area contributed by atoms with Gasteiger partial charge in [-0.2, -0.15) is 12.6 Å². The van der Waals surface area contributed by atoms with Gasteiger partial charge in [-0.15, -0.1) is 0 Å². The maximum Gasteiger partial charge on any atom is 0.266 e. The van der Waals surface area contributed by atoms with Crippen molar-refractivity contribution in [2.45, 2.75) is 5.75 Å². The Morgan fingerprint density at radius 3 is 2.83 bits per heavy atom. The number of nitrogens with two attached hydrogens (primary N) is 1. The highest BCUT2D eigenvalue weighted by Gasteiger charge is 2.02. The molecule has 0 aliphatic heterocycles. The molecular formula is C7H9N3OS. The number of pyridine rings is 1. The number of nitrogens with zero attached hydrogens (tertiary/aromatic N) is 1. The van der Waals surface area contributed by atoms with E-state index < -0.39 is 0 Å². The van der Waals surface area contributed by atoms with Gasteiger partial charge in [0.15, 0.2) is 0 Å². The molecule has 0 fully saturated rings. The number of amides is 1. The second-order valence-electron chi connectivity index (χ2n) is 2.17. The Kier molecular flexibility index (Phi) is 3.07. The van der Waals surface area contributed by atoms with Gasteiger partial charge in [0.25, 0.3) is 5.91 Å². The van der Waals surface area contributed by atoms with Gasteiger partial charge in [0.2, 0.25) is 0 Å². The summed E-state index contributed by atoms with van der Waals surface area (Å²) in [5.41, 5.74) is 3.29. The normalized spacial score (nSPS) is 9.50. The van der Waals surface area contributed by atoms with Crippen molar-refractivity contribution < 1.29 is 4.79 Å². The molecule has 1 rings (SSSR count). The van der Waals surface area contributed by atoms with E-state index in [0.717, 1.165) is 5.69 Å². The van der Waals surface area contributed by atoms with Crippen LogP contribution in [-0.4, -0.2) is 10.9 Å². The molecule has 12 heavy (non-hydrogen) atoms. The number of nitrogen functional groups attached to an aromatic ring is 1. The summed E-state index contributed by atoms with van der Waals surface area (Å²) < 4.78 is 0. The summed E-state index contributed by atoms with van der Waals surface area (Å²) in [5, 5.41) is 0. The number of carbonyl (C=O) groups is 1. The van der Waals surface area contributed by atoms with Crippen LogP contribution in [-0.2, 0) is 5.75 Å². The van der Waals surface area contributed by atoms with Gasteiger partial charge in [0, 0.05) is 11.9 Å². The summed E-state index contributed by atoms with van der Waals surface area (Å²) in [6, 6.07) is 3.39. The molecule has 0 spiro atoms. The van der Waals surface area contributed by atoms with Crippen LogP contribution < -0.4 is 11.3 Å². The van der Waals surface area contributed by atoms with Crippen molar-refractivity contribution in [3.63, 3.8) is 0 Å². The van der Waals surface area contributed by atoms with Crippen LogP contribution in [0, 0.1) is 0 Å². The molecule has 1 aromatic rings. The maximum absolute atomic E-state index is 10.9. The van der Waals surface area contributed by atoms with Gasteiger partial charge in [-0.1, -0.05) is 0 Å². The molecule has 0 saturated carbocycles. The summed E-state index contributed by atoms with van der Waals surface area (Å²) in [6.45, 7) is 0. The molecule has 1 heterocycles. The first-order chi connectivity index (χ1) is 5.77. The molecule has 0 radical (unpaired) electrons. The molecule has 0 aliphatic rings. The van der Waals surface area contributed by atoms with Crippen LogP contribution in [0.25, 0.3) is 0 Å². The smallest absolute Gasteiger partial charge is 0.266 e. The second kappa shape index (κ2) is 4.08. The lowest BCUT2D eigenvalue weighted by Gasteiger charge is -1.99. The SMILES string of the molecule is NNC(=O)c1ccc(CS)nc1. The van der Waals surface area contributed by atoms with E-state index >= 15 is 0 Å². The lowest BCUT2D eigenvalue weighted by atomic mass is 10.2. The number of thiol groups is 1. The summed E-state index contributed by atoms with van der Waals surface area (Å²) in [6.07, 6.45) is 1.47. The Balaban J connectivity index is 2.84. The third kappa shape index (κ3) is 1.96. The summed E-state index contributed by atoms with van der Waals surface area (Å²) >= 11 is 4.03. The van der Waals surface area contributed by atoms with Crippen molar-refractivity contribution in [2.24, 2.45) is 5.84 Å². The lowest BCUT2D eigenvalue weighted by molar-refractivity contribution is 0.0953. The fourth-order valence-corrected chi connectivity index (χ4v) is 0.923. The first kappa shape index (κ1) is 9.02. The van der Waals surface area contributed by atoms with Crippen LogP contribution in [0.2, 0.25) is 0 Å². The molecule has 3 N–H and O–H groups in total. The van der Waals surface area contributed by atoms with Crippen LogP contribution in [0.4, 0.5) is 0 Å². The Hall–Kier alpha value is -1.07. The lowest BCUT2D eigenvalue weighted by Crippen LogP contribution is -2.30. The Labute approximate surface area is 75.6 Å². The van der Waals surface area contributed by atoms with E-state index in [1.54, 1.807) is 12.1 Å². The average molecular weight is 183 g/mol. The minimum absolute atomic E-state index is 0.340. The van der Waals surface area contributed by atoms with Gasteiger partial charge in [-0.05, 0) is 12.1 Å². The second-order valence-corrected chi connectivity index (χ2v) is 2.49. The number of aromatic nitrogens is 1. The largest absolute Gasteiger partial charge is 0.290 e. The number of hydrogen-bond acceptors (Lipinski definition) is 4. The molecule has 64 valence electrons. The molecule has 0 bridgehead atoms. The van der Waals surface area contributed by atoms with Gasteiger partial charge in [-0.3, -0.25) is 15.2 Å². The molecule has 0 aliphatic carbocycles. The van der Waals surface area contributed by atoms with Crippen molar-refractivity contribution >= 4 is 18.5 Å². The first-order valence-corrected chi connectivity index (χ1v) is 3.98. The van der Waals surface area contributed by atoms with Crippen molar-refractivity contribution in [3.8, 4) is 0 Å². The zero-order chi connectivity index (χ0) is 8.97. The van der Waals surface area contributed by atoms with E-state index in [1.807, 2.05) is 5.43 Å². The minimum Gasteiger partial charge on any atom is -0.290 e. The molecule has 0 aromatic carbocycles. The highest BCUT2D eigenvalue weighted by Crippen LogP contribution is 2.01. The molecular weight excluding hydrogens is 174 g/mol. The molecule has 0 saturated heterocycles. The van der Waals surface area contributed by atoms with Crippen LogP contribution in [0.5, 0.6) is 0 Å². The van der Waals surface area contributed by atoms with E-state index in [4.69, 9.17) is 5.84 Å². The Bertz CT molecular complexity index is 272. The van der Waals surface area contributed by atoms with Crippen LogP contribution >= 0.6 is 12.6 Å². The van der Waals surface area contributed by atoms with Crippen LogP contribution in [0.15, 0.2) is 18.3 Å². The van der Waals surface area contributed by atoms with Crippen molar-refractivity contribution in [1.82, 2.24) is 10.4 Å². The molecule has 0 atom stereocenters. The zero-order valence-corrected chi connectivity index (χ0v) is 7.21. The monoisotopic (exact) mass is 183 g/mol. The van der Waals surface area contributed by atoms with E-state index in [-0.39, 0.29) is 5.91 Å². The van der Waals surface area contributed by atoms with Gasteiger partial charge < -0.3 is 0 Å². The number of rotatable bonds is 2. The highest BCUT2D eigenvalue weighted by atomic mass is 32.1.